The quantitative estimate of drug-likeness (QED) is 0.585. The average Bonchev–Trinajstić information content (AvgIpc) is 2.76. The largest absolute Gasteiger partial charge is 0.318 e. The van der Waals surface area contributed by atoms with Gasteiger partial charge < -0.3 is 5.73 Å². The first-order chi connectivity index (χ1) is 4.90. The number of nitrogens with zero attached hydrogens (tertiary/aromatic N) is 1. The topological polar surface area (TPSA) is 29.3 Å². The lowest BCUT2D eigenvalue weighted by atomic mass is 10.4. The molecule has 0 unspecified atom stereocenters. The highest BCUT2D eigenvalue weighted by Crippen LogP contribution is 2.34. The van der Waals surface area contributed by atoms with Crippen LogP contribution >= 0.6 is 0 Å². The maximum atomic E-state index is 5.62. The number of hydrogen-bond donors (Lipinski definition) is 1. The lowest BCUT2D eigenvalue weighted by Gasteiger charge is -2.18. The third-order valence-corrected chi connectivity index (χ3v) is 2.49. The van der Waals surface area contributed by atoms with E-state index in [1.807, 2.05) is 0 Å². The smallest absolute Gasteiger partial charge is 0.0458 e. The molecular weight excluding hydrogens is 124 g/mol. The van der Waals surface area contributed by atoms with Gasteiger partial charge in [-0.3, -0.25) is 4.90 Å². The molecule has 0 aromatic heterocycles. The van der Waals surface area contributed by atoms with E-state index in [4.69, 9.17) is 5.73 Å². The lowest BCUT2D eigenvalue weighted by molar-refractivity contribution is 0.260. The van der Waals surface area contributed by atoms with Gasteiger partial charge in [-0.1, -0.05) is 0 Å². The Labute approximate surface area is 62.4 Å². The Hall–Kier alpha value is -0.0800. The zero-order chi connectivity index (χ0) is 6.97. The molecule has 0 bridgehead atoms. The molecule has 2 heteroatoms. The van der Waals surface area contributed by atoms with Gasteiger partial charge in [-0.25, -0.2) is 0 Å². The lowest BCUT2D eigenvalue weighted by Crippen LogP contribution is -2.33. The third kappa shape index (κ3) is 1.50. The molecule has 0 aliphatic heterocycles. The molecule has 0 amide bonds. The summed E-state index contributed by atoms with van der Waals surface area (Å²) in [5.74, 6) is 1.00. The zero-order valence-electron chi connectivity index (χ0n) is 6.42. The van der Waals surface area contributed by atoms with Crippen molar-refractivity contribution in [3.8, 4) is 0 Å². The van der Waals surface area contributed by atoms with Gasteiger partial charge in [0.1, 0.15) is 0 Å². The van der Waals surface area contributed by atoms with E-state index in [-0.39, 0.29) is 0 Å². The predicted molar refractivity (Wildman–Crippen MR) is 41.5 cm³/mol. The predicted octanol–water partition coefficient (Wildman–Crippen LogP) is 0.777. The Morgan fingerprint density at radius 1 is 1.20 bits per heavy atom. The van der Waals surface area contributed by atoms with Crippen LogP contribution in [0.1, 0.15) is 25.7 Å². The summed E-state index contributed by atoms with van der Waals surface area (Å²) < 4.78 is 0. The van der Waals surface area contributed by atoms with Crippen LogP contribution in [0.15, 0.2) is 0 Å². The summed E-state index contributed by atoms with van der Waals surface area (Å²) in [5.41, 5.74) is 5.62. The van der Waals surface area contributed by atoms with Gasteiger partial charge >= 0.3 is 0 Å². The molecular formula is C8H16N2. The molecule has 0 aromatic carbocycles. The highest BCUT2D eigenvalue weighted by molar-refractivity contribution is 4.87. The fraction of sp³-hybridized carbons (Fsp3) is 1.00. The van der Waals surface area contributed by atoms with Crippen LogP contribution in [-0.4, -0.2) is 24.2 Å². The van der Waals surface area contributed by atoms with Crippen LogP contribution in [0.3, 0.4) is 0 Å². The molecule has 2 fully saturated rings. The van der Waals surface area contributed by atoms with E-state index in [0.717, 1.165) is 18.6 Å². The minimum atomic E-state index is 0.779. The van der Waals surface area contributed by atoms with E-state index in [2.05, 4.69) is 4.90 Å². The first kappa shape index (κ1) is 6.62. The van der Waals surface area contributed by atoms with Crippen molar-refractivity contribution in [3.05, 3.63) is 0 Å². The monoisotopic (exact) mass is 140 g/mol. The van der Waals surface area contributed by atoms with Crippen molar-refractivity contribution >= 4 is 0 Å². The summed E-state index contributed by atoms with van der Waals surface area (Å²) in [6.07, 6.45) is 5.68. The molecule has 0 radical (unpaired) electrons. The molecule has 0 saturated heterocycles. The zero-order valence-corrected chi connectivity index (χ0v) is 6.42. The van der Waals surface area contributed by atoms with Crippen molar-refractivity contribution in [1.82, 2.24) is 4.90 Å². The summed E-state index contributed by atoms with van der Waals surface area (Å²) >= 11 is 0. The first-order valence-corrected chi connectivity index (χ1v) is 4.34. The van der Waals surface area contributed by atoms with Crippen LogP contribution in [-0.2, 0) is 0 Å². The van der Waals surface area contributed by atoms with Crippen LogP contribution < -0.4 is 5.73 Å². The SMILES string of the molecule is NCN(CC1CC1)C1CC1. The van der Waals surface area contributed by atoms with Gasteiger partial charge in [0, 0.05) is 19.3 Å². The molecule has 0 aromatic rings. The second-order valence-corrected chi connectivity index (χ2v) is 3.63. The van der Waals surface area contributed by atoms with Crippen molar-refractivity contribution in [2.75, 3.05) is 13.2 Å². The van der Waals surface area contributed by atoms with Crippen LogP contribution in [0.4, 0.5) is 0 Å². The van der Waals surface area contributed by atoms with Crippen molar-refractivity contribution in [2.24, 2.45) is 11.7 Å². The molecule has 0 heterocycles. The van der Waals surface area contributed by atoms with Gasteiger partial charge in [0.15, 0.2) is 0 Å². The molecule has 2 N–H and O–H groups in total. The van der Waals surface area contributed by atoms with Crippen molar-refractivity contribution in [3.63, 3.8) is 0 Å². The van der Waals surface area contributed by atoms with Crippen molar-refractivity contribution in [1.29, 1.82) is 0 Å². The van der Waals surface area contributed by atoms with Crippen LogP contribution in [0, 0.1) is 5.92 Å². The fourth-order valence-corrected chi connectivity index (χ4v) is 1.44. The molecule has 2 nitrogen and oxygen atoms in total. The van der Waals surface area contributed by atoms with Gasteiger partial charge in [-0.15, -0.1) is 0 Å². The average molecular weight is 140 g/mol. The van der Waals surface area contributed by atoms with Crippen molar-refractivity contribution in [2.45, 2.75) is 31.7 Å². The Kier molecular flexibility index (Phi) is 1.66. The molecule has 58 valence electrons. The van der Waals surface area contributed by atoms with Gasteiger partial charge in [-0.2, -0.15) is 0 Å². The van der Waals surface area contributed by atoms with E-state index >= 15 is 0 Å². The van der Waals surface area contributed by atoms with Gasteiger partial charge in [0.2, 0.25) is 0 Å². The first-order valence-electron chi connectivity index (χ1n) is 4.34. The van der Waals surface area contributed by atoms with Crippen LogP contribution in [0.2, 0.25) is 0 Å². The van der Waals surface area contributed by atoms with Gasteiger partial charge in [0.05, 0.1) is 0 Å². The Morgan fingerprint density at radius 3 is 2.30 bits per heavy atom. The van der Waals surface area contributed by atoms with Crippen LogP contribution in [0.5, 0.6) is 0 Å². The maximum Gasteiger partial charge on any atom is 0.0458 e. The molecule has 0 spiro atoms. The molecule has 10 heavy (non-hydrogen) atoms. The normalized spacial score (nSPS) is 25.8. The van der Waals surface area contributed by atoms with E-state index in [1.54, 1.807) is 0 Å². The Balaban J connectivity index is 1.73. The number of hydrogen-bond acceptors (Lipinski definition) is 2. The highest BCUT2D eigenvalue weighted by Gasteiger charge is 2.32. The third-order valence-electron chi connectivity index (χ3n) is 2.49. The van der Waals surface area contributed by atoms with E-state index in [0.29, 0.717) is 0 Å². The maximum absolute atomic E-state index is 5.62. The minimum absolute atomic E-state index is 0.779. The van der Waals surface area contributed by atoms with E-state index in [1.165, 1.54) is 32.2 Å². The fourth-order valence-electron chi connectivity index (χ4n) is 1.44. The van der Waals surface area contributed by atoms with Crippen LogP contribution in [0.25, 0.3) is 0 Å². The summed E-state index contributed by atoms with van der Waals surface area (Å²) in [4.78, 5) is 2.44. The second kappa shape index (κ2) is 2.51. The standard InChI is InChI=1S/C8H16N2/c9-6-10(8-3-4-8)5-7-1-2-7/h7-8H,1-6,9H2. The van der Waals surface area contributed by atoms with E-state index < -0.39 is 0 Å². The second-order valence-electron chi connectivity index (χ2n) is 3.63. The molecule has 0 atom stereocenters. The Morgan fingerprint density at radius 2 is 1.90 bits per heavy atom. The van der Waals surface area contributed by atoms with E-state index in [9.17, 15) is 0 Å². The number of rotatable bonds is 4. The highest BCUT2D eigenvalue weighted by atomic mass is 15.2. The molecule has 2 saturated carbocycles. The Bertz CT molecular complexity index is 116. The van der Waals surface area contributed by atoms with Gasteiger partial charge in [0.25, 0.3) is 0 Å². The molecule has 2 aliphatic carbocycles. The summed E-state index contributed by atoms with van der Waals surface area (Å²) in [7, 11) is 0. The molecule has 2 aliphatic rings. The van der Waals surface area contributed by atoms with Crippen molar-refractivity contribution < 1.29 is 0 Å². The minimum Gasteiger partial charge on any atom is -0.318 e. The summed E-state index contributed by atoms with van der Waals surface area (Å²) in [6, 6.07) is 0.866. The van der Waals surface area contributed by atoms with Gasteiger partial charge in [-0.05, 0) is 31.6 Å². The summed E-state index contributed by atoms with van der Waals surface area (Å²) in [5, 5.41) is 0. The summed E-state index contributed by atoms with van der Waals surface area (Å²) in [6.45, 7) is 2.06. The molecule has 2 rings (SSSR count). The number of nitrogens with two attached hydrogens (primary N) is 1.